The molecular weight excluding hydrogens is 323 g/mol. The van der Waals surface area contributed by atoms with Crippen molar-refractivity contribution in [3.05, 3.63) is 34.1 Å². The van der Waals surface area contributed by atoms with Gasteiger partial charge in [-0.2, -0.15) is 0 Å². The minimum atomic E-state index is -0.416. The largest absolute Gasteiger partial charge is 0.350 e. The van der Waals surface area contributed by atoms with Gasteiger partial charge in [0.15, 0.2) is 0 Å². The summed E-state index contributed by atoms with van der Waals surface area (Å²) in [7, 11) is 4.10. The molecule has 0 spiro atoms. The number of benzene rings is 1. The summed E-state index contributed by atoms with van der Waals surface area (Å²) in [6.45, 7) is 0.599. The molecule has 1 amide bonds. The molecule has 0 atom stereocenters. The maximum atomic E-state index is 13.4. The van der Waals surface area contributed by atoms with Crippen LogP contribution in [0.1, 0.15) is 36.0 Å². The van der Waals surface area contributed by atoms with E-state index in [1.807, 2.05) is 0 Å². The number of amides is 1. The lowest BCUT2D eigenvalue weighted by Crippen LogP contribution is -2.50. The van der Waals surface area contributed by atoms with Crippen molar-refractivity contribution >= 4 is 21.8 Å². The van der Waals surface area contributed by atoms with Gasteiger partial charge in [-0.25, -0.2) is 4.39 Å². The van der Waals surface area contributed by atoms with E-state index in [9.17, 15) is 9.18 Å². The van der Waals surface area contributed by atoms with Gasteiger partial charge in [0.2, 0.25) is 0 Å². The number of hydrogen-bond donors (Lipinski definition) is 1. The van der Waals surface area contributed by atoms with Gasteiger partial charge >= 0.3 is 0 Å². The Hall–Kier alpha value is -0.940. The van der Waals surface area contributed by atoms with Crippen LogP contribution >= 0.6 is 15.9 Å². The Balaban J connectivity index is 2.07. The van der Waals surface area contributed by atoms with Gasteiger partial charge in [0.05, 0.1) is 10.0 Å². The number of carbonyl (C=O) groups is 1. The Bertz CT molecular complexity index is 499. The summed E-state index contributed by atoms with van der Waals surface area (Å²) in [4.78, 5) is 14.4. The van der Waals surface area contributed by atoms with E-state index in [2.05, 4.69) is 40.2 Å². The van der Waals surface area contributed by atoms with Crippen LogP contribution in [0.5, 0.6) is 0 Å². The third-order valence-corrected chi connectivity index (χ3v) is 5.06. The molecule has 0 radical (unpaired) electrons. The number of nitrogens with one attached hydrogen (secondary N) is 1. The van der Waals surface area contributed by atoms with Gasteiger partial charge in [0.1, 0.15) is 5.82 Å². The highest BCUT2D eigenvalue weighted by Crippen LogP contribution is 2.33. The van der Waals surface area contributed by atoms with Gasteiger partial charge in [-0.05, 0) is 55.0 Å². The molecule has 1 aliphatic carbocycles. The van der Waals surface area contributed by atoms with Crippen molar-refractivity contribution in [2.24, 2.45) is 0 Å². The SMILES string of the molecule is CN(C)C1(CNC(=O)c2cccc(F)c2Br)CCCC1. The molecule has 0 aromatic heterocycles. The molecular formula is C15H20BrFN2O. The van der Waals surface area contributed by atoms with E-state index >= 15 is 0 Å². The first-order valence-electron chi connectivity index (χ1n) is 6.86. The maximum absolute atomic E-state index is 13.4. The molecule has 2 rings (SSSR count). The summed E-state index contributed by atoms with van der Waals surface area (Å²) in [5, 5.41) is 2.95. The predicted molar refractivity (Wildman–Crippen MR) is 81.3 cm³/mol. The molecule has 0 saturated heterocycles. The first kappa shape index (κ1) is 15.4. The van der Waals surface area contributed by atoms with E-state index in [-0.39, 0.29) is 15.9 Å². The van der Waals surface area contributed by atoms with Crippen LogP contribution in [0.2, 0.25) is 0 Å². The molecule has 0 unspecified atom stereocenters. The Kier molecular flexibility index (Phi) is 4.81. The smallest absolute Gasteiger partial charge is 0.252 e. The molecule has 1 fully saturated rings. The molecule has 0 bridgehead atoms. The van der Waals surface area contributed by atoms with Gasteiger partial charge in [-0.1, -0.05) is 18.9 Å². The van der Waals surface area contributed by atoms with E-state index in [0.29, 0.717) is 12.1 Å². The normalized spacial score (nSPS) is 17.4. The summed E-state index contributed by atoms with van der Waals surface area (Å²) in [5.41, 5.74) is 0.382. The quantitative estimate of drug-likeness (QED) is 0.911. The van der Waals surface area contributed by atoms with Crippen molar-refractivity contribution in [2.75, 3.05) is 20.6 Å². The number of carbonyl (C=O) groups excluding carboxylic acids is 1. The van der Waals surface area contributed by atoms with Crippen molar-refractivity contribution in [1.29, 1.82) is 0 Å². The van der Waals surface area contributed by atoms with Crippen molar-refractivity contribution < 1.29 is 9.18 Å². The van der Waals surface area contributed by atoms with Crippen LogP contribution in [-0.4, -0.2) is 37.0 Å². The average molecular weight is 343 g/mol. The molecule has 1 N–H and O–H groups in total. The van der Waals surface area contributed by atoms with E-state index < -0.39 is 5.82 Å². The maximum Gasteiger partial charge on any atom is 0.252 e. The lowest BCUT2D eigenvalue weighted by molar-refractivity contribution is 0.0898. The fourth-order valence-corrected chi connectivity index (χ4v) is 3.28. The Morgan fingerprint density at radius 2 is 2.05 bits per heavy atom. The van der Waals surface area contributed by atoms with E-state index in [4.69, 9.17) is 0 Å². The highest BCUT2D eigenvalue weighted by Gasteiger charge is 2.36. The van der Waals surface area contributed by atoms with Gasteiger partial charge in [-0.3, -0.25) is 4.79 Å². The number of halogens is 2. The molecule has 20 heavy (non-hydrogen) atoms. The molecule has 1 aromatic rings. The Morgan fingerprint density at radius 1 is 1.40 bits per heavy atom. The number of likely N-dealkylation sites (N-methyl/N-ethyl adjacent to an activating group) is 1. The first-order valence-corrected chi connectivity index (χ1v) is 7.65. The highest BCUT2D eigenvalue weighted by atomic mass is 79.9. The summed E-state index contributed by atoms with van der Waals surface area (Å²) < 4.78 is 13.7. The van der Waals surface area contributed by atoms with Crippen molar-refractivity contribution in [2.45, 2.75) is 31.2 Å². The Morgan fingerprint density at radius 3 is 2.65 bits per heavy atom. The fraction of sp³-hybridized carbons (Fsp3) is 0.533. The molecule has 3 nitrogen and oxygen atoms in total. The molecule has 1 aromatic carbocycles. The van der Waals surface area contributed by atoms with Crippen LogP contribution in [-0.2, 0) is 0 Å². The summed E-state index contributed by atoms with van der Waals surface area (Å²) >= 11 is 3.13. The van der Waals surface area contributed by atoms with Crippen molar-refractivity contribution in [1.82, 2.24) is 10.2 Å². The monoisotopic (exact) mass is 342 g/mol. The summed E-state index contributed by atoms with van der Waals surface area (Å²) in [6.07, 6.45) is 4.56. The molecule has 5 heteroatoms. The average Bonchev–Trinajstić information content (AvgIpc) is 2.89. The highest BCUT2D eigenvalue weighted by molar-refractivity contribution is 9.10. The van der Waals surface area contributed by atoms with Gasteiger partial charge < -0.3 is 10.2 Å². The topological polar surface area (TPSA) is 32.3 Å². The van der Waals surface area contributed by atoms with Crippen LogP contribution in [0, 0.1) is 5.82 Å². The molecule has 0 heterocycles. The standard InChI is InChI=1S/C15H20BrFN2O/c1-19(2)15(8-3-4-9-15)10-18-14(20)11-6-5-7-12(17)13(11)16/h5-7H,3-4,8-10H2,1-2H3,(H,18,20). The van der Waals surface area contributed by atoms with Gasteiger partial charge in [-0.15, -0.1) is 0 Å². The van der Waals surface area contributed by atoms with Crippen molar-refractivity contribution in [3.63, 3.8) is 0 Å². The van der Waals surface area contributed by atoms with Gasteiger partial charge in [0.25, 0.3) is 5.91 Å². The number of rotatable bonds is 4. The summed E-state index contributed by atoms with van der Waals surface area (Å²) in [5.74, 6) is -0.648. The Labute approximate surface area is 127 Å². The van der Waals surface area contributed by atoms with E-state index in [1.54, 1.807) is 12.1 Å². The zero-order chi connectivity index (χ0) is 14.8. The second-order valence-corrected chi connectivity index (χ2v) is 6.40. The zero-order valence-corrected chi connectivity index (χ0v) is 13.5. The van der Waals surface area contributed by atoms with E-state index in [0.717, 1.165) is 12.8 Å². The van der Waals surface area contributed by atoms with Crippen LogP contribution in [0.25, 0.3) is 0 Å². The van der Waals surface area contributed by atoms with Crippen LogP contribution in [0.3, 0.4) is 0 Å². The van der Waals surface area contributed by atoms with Crippen LogP contribution in [0.15, 0.2) is 22.7 Å². The lowest BCUT2D eigenvalue weighted by atomic mass is 9.96. The molecule has 0 aliphatic heterocycles. The number of nitrogens with zero attached hydrogens (tertiary/aromatic N) is 1. The second-order valence-electron chi connectivity index (χ2n) is 5.61. The molecule has 1 saturated carbocycles. The second kappa shape index (κ2) is 6.22. The van der Waals surface area contributed by atoms with Gasteiger partial charge in [0, 0.05) is 12.1 Å². The third-order valence-electron chi connectivity index (χ3n) is 4.26. The minimum absolute atomic E-state index is 0.0372. The zero-order valence-electron chi connectivity index (χ0n) is 11.9. The summed E-state index contributed by atoms with van der Waals surface area (Å²) in [6, 6.07) is 4.50. The van der Waals surface area contributed by atoms with Crippen LogP contribution < -0.4 is 5.32 Å². The van der Waals surface area contributed by atoms with E-state index in [1.165, 1.54) is 18.9 Å². The minimum Gasteiger partial charge on any atom is -0.350 e. The van der Waals surface area contributed by atoms with Crippen molar-refractivity contribution in [3.8, 4) is 0 Å². The number of hydrogen-bond acceptors (Lipinski definition) is 2. The predicted octanol–water partition coefficient (Wildman–Crippen LogP) is 3.19. The molecule has 110 valence electrons. The third kappa shape index (κ3) is 3.04. The lowest BCUT2D eigenvalue weighted by Gasteiger charge is -2.36. The van der Waals surface area contributed by atoms with Crippen LogP contribution in [0.4, 0.5) is 4.39 Å². The first-order chi connectivity index (χ1) is 9.46. The fourth-order valence-electron chi connectivity index (χ4n) is 2.83. The molecule has 1 aliphatic rings.